The summed E-state index contributed by atoms with van der Waals surface area (Å²) in [6, 6.07) is 3.34. The van der Waals surface area contributed by atoms with Crippen LogP contribution >= 0.6 is 0 Å². The van der Waals surface area contributed by atoms with Crippen LogP contribution in [0.4, 0.5) is 17.6 Å². The van der Waals surface area contributed by atoms with Gasteiger partial charge in [-0.2, -0.15) is 18.3 Å². The van der Waals surface area contributed by atoms with Gasteiger partial charge in [0.1, 0.15) is 5.82 Å². The Balaban J connectivity index is 1.81. The number of halogens is 4. The minimum absolute atomic E-state index is 0.139. The van der Waals surface area contributed by atoms with E-state index in [0.717, 1.165) is 10.7 Å². The number of nitrogens with zero attached hydrogens (tertiary/aromatic N) is 5. The van der Waals surface area contributed by atoms with Gasteiger partial charge in [0.15, 0.2) is 6.61 Å². The number of aromatic nitrogens is 5. The molecule has 3 aromatic heterocycles. The lowest BCUT2D eigenvalue weighted by Gasteiger charge is -2.09. The van der Waals surface area contributed by atoms with Gasteiger partial charge in [-0.05, 0) is 12.1 Å². The van der Waals surface area contributed by atoms with Gasteiger partial charge >= 0.3 is 12.2 Å². The Morgan fingerprint density at radius 2 is 1.81 bits per heavy atom. The maximum atomic E-state index is 13.7. The molecular weight excluding hydrogens is 370 g/mol. The highest BCUT2D eigenvalue weighted by atomic mass is 19.4. The Morgan fingerprint density at radius 3 is 2.48 bits per heavy atom. The summed E-state index contributed by atoms with van der Waals surface area (Å²) in [4.78, 5) is 23.1. The maximum Gasteiger partial charge on any atom is 0.422 e. The van der Waals surface area contributed by atoms with E-state index in [1.807, 2.05) is 0 Å². The lowest BCUT2D eigenvalue weighted by molar-refractivity contribution is -0.154. The third-order valence-corrected chi connectivity index (χ3v) is 3.32. The Bertz CT molecular complexity index is 989. The monoisotopic (exact) mass is 381 g/mol. The molecule has 3 heterocycles. The van der Waals surface area contributed by atoms with E-state index in [0.29, 0.717) is 5.56 Å². The minimum Gasteiger partial charge on any atom is -0.454 e. The maximum absolute atomic E-state index is 13.7. The third kappa shape index (κ3) is 4.84. The summed E-state index contributed by atoms with van der Waals surface area (Å²) in [6.07, 6.45) is 0.485. The molecule has 0 unspecified atom stereocenters. The van der Waals surface area contributed by atoms with Crippen LogP contribution in [-0.2, 0) is 6.54 Å². The first-order valence-corrected chi connectivity index (χ1v) is 7.50. The number of rotatable bonds is 5. The van der Waals surface area contributed by atoms with Crippen molar-refractivity contribution in [3.05, 3.63) is 64.7 Å². The molecule has 3 rings (SSSR count). The van der Waals surface area contributed by atoms with Gasteiger partial charge in [0.25, 0.3) is 5.56 Å². The summed E-state index contributed by atoms with van der Waals surface area (Å²) in [5.74, 6) is -0.529. The van der Waals surface area contributed by atoms with Gasteiger partial charge in [-0.15, -0.1) is 0 Å². The van der Waals surface area contributed by atoms with Crippen molar-refractivity contribution in [1.82, 2.24) is 24.7 Å². The average Bonchev–Trinajstić information content (AvgIpc) is 2.63. The smallest absolute Gasteiger partial charge is 0.422 e. The van der Waals surface area contributed by atoms with E-state index in [1.165, 1.54) is 36.9 Å². The summed E-state index contributed by atoms with van der Waals surface area (Å²) >= 11 is 0. The molecule has 0 N–H and O–H groups in total. The number of hydrogen-bond acceptors (Lipinski definition) is 6. The van der Waals surface area contributed by atoms with E-state index in [1.54, 1.807) is 0 Å². The van der Waals surface area contributed by atoms with Crippen LogP contribution in [0.15, 0.2) is 47.8 Å². The van der Waals surface area contributed by atoms with Gasteiger partial charge in [-0.3, -0.25) is 9.78 Å². The van der Waals surface area contributed by atoms with E-state index in [9.17, 15) is 22.4 Å². The van der Waals surface area contributed by atoms with Gasteiger partial charge in [0.05, 0.1) is 12.2 Å². The molecule has 11 heteroatoms. The van der Waals surface area contributed by atoms with E-state index in [4.69, 9.17) is 0 Å². The molecule has 0 aromatic carbocycles. The van der Waals surface area contributed by atoms with Crippen molar-refractivity contribution in [1.29, 1.82) is 0 Å². The zero-order valence-corrected chi connectivity index (χ0v) is 13.5. The average molecular weight is 381 g/mol. The molecule has 27 heavy (non-hydrogen) atoms. The predicted molar refractivity (Wildman–Crippen MR) is 84.4 cm³/mol. The van der Waals surface area contributed by atoms with Crippen LogP contribution in [0, 0.1) is 5.82 Å². The van der Waals surface area contributed by atoms with E-state index in [-0.39, 0.29) is 17.8 Å². The zero-order valence-electron chi connectivity index (χ0n) is 13.5. The van der Waals surface area contributed by atoms with Crippen LogP contribution < -0.4 is 10.3 Å². The highest BCUT2D eigenvalue weighted by molar-refractivity contribution is 5.55. The van der Waals surface area contributed by atoms with Gasteiger partial charge in [-0.1, -0.05) is 0 Å². The fraction of sp³-hybridized carbons (Fsp3) is 0.188. The molecule has 0 aliphatic carbocycles. The molecule has 0 radical (unpaired) electrons. The van der Waals surface area contributed by atoms with Crippen molar-refractivity contribution >= 4 is 0 Å². The fourth-order valence-corrected chi connectivity index (χ4v) is 2.07. The van der Waals surface area contributed by atoms with Crippen LogP contribution in [0.3, 0.4) is 0 Å². The molecule has 0 saturated carbocycles. The Hall–Kier alpha value is -3.37. The second kappa shape index (κ2) is 7.48. The van der Waals surface area contributed by atoms with Crippen molar-refractivity contribution in [2.75, 3.05) is 6.61 Å². The summed E-state index contributed by atoms with van der Waals surface area (Å²) < 4.78 is 55.6. The molecule has 3 aromatic rings. The Kier molecular flexibility index (Phi) is 5.10. The summed E-state index contributed by atoms with van der Waals surface area (Å²) in [7, 11) is 0. The van der Waals surface area contributed by atoms with Crippen molar-refractivity contribution in [3.8, 4) is 17.3 Å². The highest BCUT2D eigenvalue weighted by Crippen LogP contribution is 2.18. The van der Waals surface area contributed by atoms with Crippen LogP contribution in [0.25, 0.3) is 11.3 Å². The van der Waals surface area contributed by atoms with Gasteiger partial charge < -0.3 is 4.74 Å². The molecule has 0 aliphatic rings. The van der Waals surface area contributed by atoms with E-state index >= 15 is 0 Å². The van der Waals surface area contributed by atoms with Gasteiger partial charge in [-0.25, -0.2) is 19.0 Å². The first-order valence-electron chi connectivity index (χ1n) is 7.50. The first-order chi connectivity index (χ1) is 12.8. The van der Waals surface area contributed by atoms with Crippen molar-refractivity contribution < 1.29 is 22.3 Å². The summed E-state index contributed by atoms with van der Waals surface area (Å²) in [5, 5.41) is 4.10. The molecule has 0 amide bonds. The minimum atomic E-state index is -4.50. The van der Waals surface area contributed by atoms with Gasteiger partial charge in [0.2, 0.25) is 0 Å². The van der Waals surface area contributed by atoms with E-state index < -0.39 is 30.2 Å². The number of alkyl halides is 3. The molecular formula is C16H11F4N5O2. The Morgan fingerprint density at radius 1 is 1.07 bits per heavy atom. The predicted octanol–water partition coefficient (Wildman–Crippen LogP) is 2.22. The molecule has 140 valence electrons. The second-order valence-electron chi connectivity index (χ2n) is 5.34. The molecule has 0 aliphatic heterocycles. The molecule has 0 bridgehead atoms. The number of hydrogen-bond donors (Lipinski definition) is 0. The lowest BCUT2D eigenvalue weighted by Crippen LogP contribution is -2.23. The zero-order chi connectivity index (χ0) is 19.4. The normalized spacial score (nSPS) is 11.4. The largest absolute Gasteiger partial charge is 0.454 e. The molecule has 7 nitrogen and oxygen atoms in total. The van der Waals surface area contributed by atoms with Crippen molar-refractivity contribution in [2.45, 2.75) is 12.7 Å². The first kappa shape index (κ1) is 18.4. The van der Waals surface area contributed by atoms with Crippen molar-refractivity contribution in [3.63, 3.8) is 0 Å². The van der Waals surface area contributed by atoms with Crippen LogP contribution in [-0.4, -0.2) is 37.5 Å². The van der Waals surface area contributed by atoms with Crippen LogP contribution in [0.5, 0.6) is 6.01 Å². The standard InChI is InChI=1S/C16H11F4N5O2/c17-12-3-4-21-5-11(12)8-25-14(26)2-1-13(24-25)10-6-22-15(23-7-10)27-9-16(18,19)20/h1-7H,8-9H2. The molecule has 0 spiro atoms. The topological polar surface area (TPSA) is 82.8 Å². The SMILES string of the molecule is O=c1ccc(-c2cnc(OCC(F)(F)F)nc2)nn1Cc1cnccc1F. The highest BCUT2D eigenvalue weighted by Gasteiger charge is 2.28. The lowest BCUT2D eigenvalue weighted by atomic mass is 10.2. The summed E-state index contributed by atoms with van der Waals surface area (Å²) in [6.45, 7) is -1.65. The number of ether oxygens (including phenoxy) is 1. The van der Waals surface area contributed by atoms with Crippen molar-refractivity contribution in [2.24, 2.45) is 0 Å². The molecule has 0 saturated heterocycles. The van der Waals surface area contributed by atoms with Crippen LogP contribution in [0.2, 0.25) is 0 Å². The van der Waals surface area contributed by atoms with E-state index in [2.05, 4.69) is 24.8 Å². The summed E-state index contributed by atoms with van der Waals surface area (Å²) in [5.41, 5.74) is 0.334. The fourth-order valence-electron chi connectivity index (χ4n) is 2.07. The number of pyridine rings is 1. The van der Waals surface area contributed by atoms with Crippen LogP contribution in [0.1, 0.15) is 5.56 Å². The quantitative estimate of drug-likeness (QED) is 0.631. The Labute approximate surface area is 149 Å². The molecule has 0 fully saturated rings. The second-order valence-corrected chi connectivity index (χ2v) is 5.34. The van der Waals surface area contributed by atoms with Gasteiger partial charge in [0, 0.05) is 42.0 Å². The molecule has 0 atom stereocenters. The third-order valence-electron chi connectivity index (χ3n) is 3.32.